The van der Waals surface area contributed by atoms with Crippen LogP contribution in [0.4, 0.5) is 0 Å². The summed E-state index contributed by atoms with van der Waals surface area (Å²) in [4.78, 5) is 11.8. The van der Waals surface area contributed by atoms with Gasteiger partial charge < -0.3 is 9.53 Å². The van der Waals surface area contributed by atoms with E-state index >= 15 is 0 Å². The molecular formula is C19H29O3Si. The van der Waals surface area contributed by atoms with Crippen LogP contribution in [-0.4, -0.2) is 28.2 Å². The summed E-state index contributed by atoms with van der Waals surface area (Å²) in [5.41, 5.74) is 2.01. The molecule has 0 aliphatic carbocycles. The molecule has 0 aliphatic rings. The number of benzene rings is 1. The molecule has 1 N–H and O–H groups in total. The number of unbranched alkanes of at least 4 members (excludes halogenated alkanes) is 7. The molecule has 1 aromatic carbocycles. The van der Waals surface area contributed by atoms with Gasteiger partial charge in [0.2, 0.25) is 0 Å². The molecule has 0 spiro atoms. The van der Waals surface area contributed by atoms with E-state index in [1.165, 1.54) is 44.9 Å². The van der Waals surface area contributed by atoms with Gasteiger partial charge in [0.05, 0.1) is 6.61 Å². The number of hydrogen-bond donors (Lipinski definition) is 1. The second-order valence-electron chi connectivity index (χ2n) is 6.08. The lowest BCUT2D eigenvalue weighted by Crippen LogP contribution is -2.19. The molecule has 0 fully saturated rings. The topological polar surface area (TPSA) is 46.5 Å². The number of carbonyl (C=O) groups excluding carboxylic acids is 1. The Morgan fingerprint density at radius 1 is 1.09 bits per heavy atom. The van der Waals surface area contributed by atoms with Crippen molar-refractivity contribution in [1.82, 2.24) is 0 Å². The lowest BCUT2D eigenvalue weighted by atomic mass is 9.92. The van der Waals surface area contributed by atoms with Gasteiger partial charge in [-0.1, -0.05) is 76.1 Å². The first-order valence-electron chi connectivity index (χ1n) is 8.80. The van der Waals surface area contributed by atoms with E-state index in [9.17, 15) is 9.90 Å². The highest BCUT2D eigenvalue weighted by Gasteiger charge is 2.22. The van der Waals surface area contributed by atoms with Crippen LogP contribution in [0.1, 0.15) is 75.3 Å². The molecule has 0 saturated heterocycles. The van der Waals surface area contributed by atoms with Gasteiger partial charge in [-0.2, -0.15) is 0 Å². The zero-order valence-electron chi connectivity index (χ0n) is 14.2. The standard InChI is InChI=1S/C19H29O3Si/c1-2-3-4-5-6-7-8-9-12-16-13-10-11-14-17(16)18(15-20)19(21)22-23/h10-11,13-14,18,20H,2-9,12,15H2,1H3. The van der Waals surface area contributed by atoms with Gasteiger partial charge in [-0.15, -0.1) is 0 Å². The molecule has 3 radical (unpaired) electrons. The molecule has 4 heteroatoms. The van der Waals surface area contributed by atoms with Crippen LogP contribution in [0.3, 0.4) is 0 Å². The molecule has 0 aliphatic heterocycles. The number of aliphatic hydroxyl groups is 1. The van der Waals surface area contributed by atoms with Crippen LogP contribution in [-0.2, 0) is 15.6 Å². The summed E-state index contributed by atoms with van der Waals surface area (Å²) >= 11 is 0. The van der Waals surface area contributed by atoms with Crippen molar-refractivity contribution in [1.29, 1.82) is 0 Å². The summed E-state index contributed by atoms with van der Waals surface area (Å²) in [6.07, 6.45) is 11.2. The summed E-state index contributed by atoms with van der Waals surface area (Å²) < 4.78 is 4.61. The van der Waals surface area contributed by atoms with Gasteiger partial charge in [0.25, 0.3) is 0 Å². The molecule has 0 bridgehead atoms. The third-order valence-corrected chi connectivity index (χ3v) is 4.50. The summed E-state index contributed by atoms with van der Waals surface area (Å²) in [6.45, 7) is 2.00. The Hall–Kier alpha value is -1.13. The number of carbonyl (C=O) groups is 1. The number of aryl methyl sites for hydroxylation is 1. The van der Waals surface area contributed by atoms with Crippen molar-refractivity contribution < 1.29 is 14.3 Å². The van der Waals surface area contributed by atoms with Crippen LogP contribution < -0.4 is 0 Å². The van der Waals surface area contributed by atoms with Crippen molar-refractivity contribution >= 4 is 16.5 Å². The van der Waals surface area contributed by atoms with Crippen molar-refractivity contribution in [3.63, 3.8) is 0 Å². The molecule has 23 heavy (non-hydrogen) atoms. The highest BCUT2D eigenvalue weighted by molar-refractivity contribution is 6.06. The first kappa shape index (κ1) is 19.9. The molecule has 1 atom stereocenters. The van der Waals surface area contributed by atoms with Crippen molar-refractivity contribution in [2.45, 2.75) is 70.6 Å². The van der Waals surface area contributed by atoms with E-state index < -0.39 is 11.9 Å². The Labute approximate surface area is 144 Å². The quantitative estimate of drug-likeness (QED) is 0.463. The second kappa shape index (κ2) is 12.3. The molecule has 0 heterocycles. The van der Waals surface area contributed by atoms with Gasteiger partial charge >= 0.3 is 16.5 Å². The van der Waals surface area contributed by atoms with Gasteiger partial charge in [-0.05, 0) is 24.0 Å². The summed E-state index contributed by atoms with van der Waals surface area (Å²) in [6, 6.07) is 7.83. The van der Waals surface area contributed by atoms with Crippen LogP contribution in [0, 0.1) is 0 Å². The van der Waals surface area contributed by atoms with Crippen LogP contribution in [0.5, 0.6) is 0 Å². The Morgan fingerprint density at radius 2 is 1.70 bits per heavy atom. The molecular weight excluding hydrogens is 304 g/mol. The van der Waals surface area contributed by atoms with Crippen LogP contribution in [0.25, 0.3) is 0 Å². The number of aliphatic hydroxyl groups excluding tert-OH is 1. The van der Waals surface area contributed by atoms with Crippen molar-refractivity contribution in [3.05, 3.63) is 35.4 Å². The fraction of sp³-hybridized carbons (Fsp3) is 0.632. The molecule has 0 amide bonds. The smallest absolute Gasteiger partial charge is 0.345 e. The second-order valence-corrected chi connectivity index (χ2v) is 6.28. The molecule has 1 rings (SSSR count). The average Bonchev–Trinajstić information content (AvgIpc) is 2.58. The van der Waals surface area contributed by atoms with Gasteiger partial charge in [0.15, 0.2) is 0 Å². The van der Waals surface area contributed by atoms with E-state index in [1.807, 2.05) is 24.3 Å². The van der Waals surface area contributed by atoms with E-state index in [1.54, 1.807) is 0 Å². The van der Waals surface area contributed by atoms with E-state index in [-0.39, 0.29) is 6.61 Å². The monoisotopic (exact) mass is 333 g/mol. The summed E-state index contributed by atoms with van der Waals surface area (Å²) in [7, 11) is 2.77. The summed E-state index contributed by atoms with van der Waals surface area (Å²) in [5, 5.41) is 9.50. The Morgan fingerprint density at radius 3 is 2.30 bits per heavy atom. The maximum Gasteiger partial charge on any atom is 0.345 e. The minimum atomic E-state index is -0.613. The van der Waals surface area contributed by atoms with E-state index in [4.69, 9.17) is 0 Å². The van der Waals surface area contributed by atoms with E-state index in [0.29, 0.717) is 0 Å². The first-order valence-corrected chi connectivity index (χ1v) is 9.21. The molecule has 3 nitrogen and oxygen atoms in total. The maximum absolute atomic E-state index is 11.8. The van der Waals surface area contributed by atoms with Gasteiger partial charge in [0, 0.05) is 0 Å². The third-order valence-electron chi connectivity index (χ3n) is 4.30. The lowest BCUT2D eigenvalue weighted by Gasteiger charge is -2.16. The zero-order chi connectivity index (χ0) is 16.9. The van der Waals surface area contributed by atoms with E-state index in [2.05, 4.69) is 21.8 Å². The molecule has 1 aromatic rings. The molecule has 0 saturated carbocycles. The molecule has 127 valence electrons. The normalized spacial score (nSPS) is 12.1. The van der Waals surface area contributed by atoms with Gasteiger partial charge in [-0.3, -0.25) is 4.79 Å². The van der Waals surface area contributed by atoms with Crippen LogP contribution >= 0.6 is 0 Å². The summed E-state index contributed by atoms with van der Waals surface area (Å²) in [5.74, 6) is -1.06. The highest BCUT2D eigenvalue weighted by Crippen LogP contribution is 2.23. The molecule has 1 unspecified atom stereocenters. The Kier molecular flexibility index (Phi) is 10.7. The minimum Gasteiger partial charge on any atom is -0.516 e. The Bertz CT molecular complexity index is 448. The fourth-order valence-electron chi connectivity index (χ4n) is 2.92. The van der Waals surface area contributed by atoms with Crippen molar-refractivity contribution in [2.75, 3.05) is 6.61 Å². The predicted octanol–water partition coefficient (Wildman–Crippen LogP) is 4.07. The van der Waals surface area contributed by atoms with Crippen LogP contribution in [0.15, 0.2) is 24.3 Å². The van der Waals surface area contributed by atoms with Crippen molar-refractivity contribution in [2.24, 2.45) is 0 Å². The highest BCUT2D eigenvalue weighted by atomic mass is 28.2. The minimum absolute atomic E-state index is 0.238. The molecule has 0 aromatic heterocycles. The van der Waals surface area contributed by atoms with Gasteiger partial charge in [-0.25, -0.2) is 0 Å². The lowest BCUT2D eigenvalue weighted by molar-refractivity contribution is -0.136. The first-order chi connectivity index (χ1) is 11.2. The van der Waals surface area contributed by atoms with E-state index in [0.717, 1.165) is 24.0 Å². The fourth-order valence-corrected chi connectivity index (χ4v) is 3.06. The SMILES string of the molecule is CCCCCCCCCCc1ccccc1C(CO)C(=O)O[Si]. The third kappa shape index (κ3) is 7.31. The largest absolute Gasteiger partial charge is 0.516 e. The zero-order valence-corrected chi connectivity index (χ0v) is 15.2. The van der Waals surface area contributed by atoms with Gasteiger partial charge in [0.1, 0.15) is 5.92 Å². The number of rotatable bonds is 12. The maximum atomic E-state index is 11.8. The average molecular weight is 334 g/mol. The van der Waals surface area contributed by atoms with Crippen LogP contribution in [0.2, 0.25) is 0 Å². The Balaban J connectivity index is 2.43. The van der Waals surface area contributed by atoms with Crippen molar-refractivity contribution in [3.8, 4) is 0 Å². The number of hydrogen-bond acceptors (Lipinski definition) is 3. The predicted molar refractivity (Wildman–Crippen MR) is 94.4 cm³/mol.